The maximum absolute atomic E-state index is 11.4. The number of carbonyl (C=O) groups is 1. The lowest BCUT2D eigenvalue weighted by molar-refractivity contribution is -0.116. The Balaban J connectivity index is 2.94. The zero-order chi connectivity index (χ0) is 10.6. The van der Waals surface area contributed by atoms with Crippen molar-refractivity contribution in [3.63, 3.8) is 0 Å². The Morgan fingerprint density at radius 3 is 2.71 bits per heavy atom. The molecule has 1 aromatic rings. The fourth-order valence-electron chi connectivity index (χ4n) is 1.37. The number of benzene rings is 1. The molecule has 0 radical (unpaired) electrons. The molecule has 3 heteroatoms. The highest BCUT2D eigenvalue weighted by Crippen LogP contribution is 2.15. The predicted octanol–water partition coefficient (Wildman–Crippen LogP) is 2.59. The van der Waals surface area contributed by atoms with Crippen LogP contribution in [0.25, 0.3) is 0 Å². The molecular formula is C11H14ClNO. The van der Waals surface area contributed by atoms with Crippen LogP contribution in [-0.2, 0) is 4.79 Å². The SMILES string of the molecule is CCN(C(=O)CCl)c1cccc(C)c1. The van der Waals surface area contributed by atoms with E-state index in [1.165, 1.54) is 0 Å². The van der Waals surface area contributed by atoms with Crippen molar-refractivity contribution in [3.8, 4) is 0 Å². The van der Waals surface area contributed by atoms with Gasteiger partial charge in [0.15, 0.2) is 0 Å². The first-order chi connectivity index (χ1) is 6.69. The average molecular weight is 212 g/mol. The van der Waals surface area contributed by atoms with Crippen LogP contribution in [0.3, 0.4) is 0 Å². The molecule has 1 rings (SSSR count). The van der Waals surface area contributed by atoms with Crippen LogP contribution < -0.4 is 4.90 Å². The maximum atomic E-state index is 11.4. The summed E-state index contributed by atoms with van der Waals surface area (Å²) in [6, 6.07) is 7.84. The van der Waals surface area contributed by atoms with E-state index in [4.69, 9.17) is 11.6 Å². The summed E-state index contributed by atoms with van der Waals surface area (Å²) in [5.74, 6) is -0.0262. The normalized spacial score (nSPS) is 9.93. The zero-order valence-corrected chi connectivity index (χ0v) is 9.21. The quantitative estimate of drug-likeness (QED) is 0.704. The molecule has 0 N–H and O–H groups in total. The highest BCUT2D eigenvalue weighted by Gasteiger charge is 2.11. The van der Waals surface area contributed by atoms with Crippen molar-refractivity contribution in [3.05, 3.63) is 29.8 Å². The van der Waals surface area contributed by atoms with Crippen molar-refractivity contribution >= 4 is 23.2 Å². The molecule has 0 fully saturated rings. The Morgan fingerprint density at radius 2 is 2.21 bits per heavy atom. The van der Waals surface area contributed by atoms with Gasteiger partial charge >= 0.3 is 0 Å². The average Bonchev–Trinajstić information content (AvgIpc) is 2.19. The lowest BCUT2D eigenvalue weighted by Crippen LogP contribution is -2.31. The van der Waals surface area contributed by atoms with Crippen LogP contribution in [0.4, 0.5) is 5.69 Å². The Hall–Kier alpha value is -1.02. The molecule has 1 aromatic carbocycles. The van der Waals surface area contributed by atoms with E-state index in [1.807, 2.05) is 38.1 Å². The van der Waals surface area contributed by atoms with Crippen LogP contribution in [0.5, 0.6) is 0 Å². The number of hydrogen-bond donors (Lipinski definition) is 0. The number of carbonyl (C=O) groups excluding carboxylic acids is 1. The first-order valence-corrected chi connectivity index (χ1v) is 5.15. The largest absolute Gasteiger partial charge is 0.312 e. The molecule has 0 spiro atoms. The van der Waals surface area contributed by atoms with E-state index in [-0.39, 0.29) is 11.8 Å². The molecule has 0 unspecified atom stereocenters. The zero-order valence-electron chi connectivity index (χ0n) is 8.46. The van der Waals surface area contributed by atoms with Crippen LogP contribution in [-0.4, -0.2) is 18.3 Å². The molecule has 0 aliphatic heterocycles. The first-order valence-electron chi connectivity index (χ1n) is 4.62. The molecule has 0 bridgehead atoms. The summed E-state index contributed by atoms with van der Waals surface area (Å²) in [4.78, 5) is 13.1. The highest BCUT2D eigenvalue weighted by molar-refractivity contribution is 6.29. The van der Waals surface area contributed by atoms with E-state index in [9.17, 15) is 4.79 Å². The van der Waals surface area contributed by atoms with Crippen LogP contribution in [0.15, 0.2) is 24.3 Å². The number of amides is 1. The van der Waals surface area contributed by atoms with E-state index < -0.39 is 0 Å². The second-order valence-electron chi connectivity index (χ2n) is 3.11. The second-order valence-corrected chi connectivity index (χ2v) is 3.38. The van der Waals surface area contributed by atoms with E-state index in [0.717, 1.165) is 11.3 Å². The molecule has 2 nitrogen and oxygen atoms in total. The Bertz CT molecular complexity index is 325. The molecule has 14 heavy (non-hydrogen) atoms. The molecule has 76 valence electrons. The van der Waals surface area contributed by atoms with Gasteiger partial charge in [0.1, 0.15) is 5.88 Å². The van der Waals surface area contributed by atoms with Gasteiger partial charge in [-0.15, -0.1) is 11.6 Å². The van der Waals surface area contributed by atoms with Crippen molar-refractivity contribution in [2.75, 3.05) is 17.3 Å². The third-order valence-electron chi connectivity index (χ3n) is 2.04. The monoisotopic (exact) mass is 211 g/mol. The topological polar surface area (TPSA) is 20.3 Å². The van der Waals surface area contributed by atoms with E-state index in [0.29, 0.717) is 6.54 Å². The van der Waals surface area contributed by atoms with Crippen molar-refractivity contribution in [1.82, 2.24) is 0 Å². The third-order valence-corrected chi connectivity index (χ3v) is 2.27. The third kappa shape index (κ3) is 2.48. The summed E-state index contributed by atoms with van der Waals surface area (Å²) in [7, 11) is 0. The molecule has 0 aromatic heterocycles. The van der Waals surface area contributed by atoms with Gasteiger partial charge in [0.2, 0.25) is 5.91 Å². The molecule has 0 saturated carbocycles. The summed E-state index contributed by atoms with van der Waals surface area (Å²) in [6.45, 7) is 4.59. The van der Waals surface area contributed by atoms with Gasteiger partial charge in [-0.2, -0.15) is 0 Å². The molecule has 0 heterocycles. The molecule has 0 aliphatic rings. The summed E-state index contributed by atoms with van der Waals surface area (Å²) in [5.41, 5.74) is 2.06. The van der Waals surface area contributed by atoms with Crippen molar-refractivity contribution in [2.24, 2.45) is 0 Å². The Morgan fingerprint density at radius 1 is 1.50 bits per heavy atom. The fraction of sp³-hybridized carbons (Fsp3) is 0.364. The number of rotatable bonds is 3. The minimum Gasteiger partial charge on any atom is -0.312 e. The maximum Gasteiger partial charge on any atom is 0.241 e. The molecule has 0 atom stereocenters. The van der Waals surface area contributed by atoms with Gasteiger partial charge in [0.05, 0.1) is 0 Å². The number of hydrogen-bond acceptors (Lipinski definition) is 1. The van der Waals surface area contributed by atoms with Gasteiger partial charge in [-0.25, -0.2) is 0 Å². The van der Waals surface area contributed by atoms with Crippen LogP contribution in [0.1, 0.15) is 12.5 Å². The van der Waals surface area contributed by atoms with Crippen LogP contribution in [0.2, 0.25) is 0 Å². The Labute approximate surface area is 89.5 Å². The molecule has 0 saturated heterocycles. The van der Waals surface area contributed by atoms with E-state index in [2.05, 4.69) is 0 Å². The van der Waals surface area contributed by atoms with Crippen LogP contribution in [0, 0.1) is 6.92 Å². The van der Waals surface area contributed by atoms with Gasteiger partial charge in [0, 0.05) is 12.2 Å². The fourth-order valence-corrected chi connectivity index (χ4v) is 1.52. The molecule has 0 aliphatic carbocycles. The minimum absolute atomic E-state index is 0.0295. The highest BCUT2D eigenvalue weighted by atomic mass is 35.5. The van der Waals surface area contributed by atoms with Gasteiger partial charge in [0.25, 0.3) is 0 Å². The number of alkyl halides is 1. The summed E-state index contributed by atoms with van der Waals surface area (Å²) in [6.07, 6.45) is 0. The van der Waals surface area contributed by atoms with E-state index >= 15 is 0 Å². The standard InChI is InChI=1S/C11H14ClNO/c1-3-13(11(14)8-12)10-6-4-5-9(2)7-10/h4-7H,3,8H2,1-2H3. The number of anilines is 1. The molecular weight excluding hydrogens is 198 g/mol. The number of nitrogens with zero attached hydrogens (tertiary/aromatic N) is 1. The van der Waals surface area contributed by atoms with Gasteiger partial charge < -0.3 is 4.90 Å². The van der Waals surface area contributed by atoms with Crippen molar-refractivity contribution in [1.29, 1.82) is 0 Å². The van der Waals surface area contributed by atoms with Gasteiger partial charge in [-0.1, -0.05) is 12.1 Å². The smallest absolute Gasteiger partial charge is 0.241 e. The lowest BCUT2D eigenvalue weighted by Gasteiger charge is -2.20. The van der Waals surface area contributed by atoms with Crippen molar-refractivity contribution in [2.45, 2.75) is 13.8 Å². The first kappa shape index (κ1) is 11.1. The van der Waals surface area contributed by atoms with E-state index in [1.54, 1.807) is 4.90 Å². The minimum atomic E-state index is -0.0558. The van der Waals surface area contributed by atoms with Crippen LogP contribution >= 0.6 is 11.6 Å². The summed E-state index contributed by atoms with van der Waals surface area (Å²) >= 11 is 5.52. The van der Waals surface area contributed by atoms with Crippen molar-refractivity contribution < 1.29 is 4.79 Å². The van der Waals surface area contributed by atoms with Gasteiger partial charge in [-0.05, 0) is 31.5 Å². The summed E-state index contributed by atoms with van der Waals surface area (Å²) in [5, 5.41) is 0. The molecule has 1 amide bonds. The number of halogens is 1. The second kappa shape index (κ2) is 5.01. The number of aryl methyl sites for hydroxylation is 1. The lowest BCUT2D eigenvalue weighted by atomic mass is 10.2. The van der Waals surface area contributed by atoms with Gasteiger partial charge in [-0.3, -0.25) is 4.79 Å². The summed E-state index contributed by atoms with van der Waals surface area (Å²) < 4.78 is 0. The Kier molecular flexibility index (Phi) is 3.96. The predicted molar refractivity (Wildman–Crippen MR) is 59.9 cm³/mol.